The highest BCUT2D eigenvalue weighted by atomic mass is 32.1. The van der Waals surface area contributed by atoms with Crippen LogP contribution in [-0.4, -0.2) is 61.6 Å². The number of hydrogen-bond acceptors (Lipinski definition) is 9. The number of fused-ring (bicyclic) bond motifs is 2. The number of nitrogens with zero attached hydrogens (tertiary/aromatic N) is 7. The third kappa shape index (κ3) is 3.67. The van der Waals surface area contributed by atoms with E-state index in [-0.39, 0.29) is 25.0 Å². The van der Waals surface area contributed by atoms with Gasteiger partial charge in [0.25, 0.3) is 0 Å². The molecule has 5 heterocycles. The van der Waals surface area contributed by atoms with E-state index in [0.717, 1.165) is 27.6 Å². The second-order valence-electron chi connectivity index (χ2n) is 8.18. The number of aromatic nitrogens is 5. The van der Waals surface area contributed by atoms with Crippen LogP contribution >= 0.6 is 11.3 Å². The molecule has 2 aliphatic heterocycles. The van der Waals surface area contributed by atoms with Gasteiger partial charge in [-0.2, -0.15) is 18.2 Å². The first-order chi connectivity index (χ1) is 15.2. The van der Waals surface area contributed by atoms with Crippen LogP contribution in [0, 0.1) is 0 Å². The predicted octanol–water partition coefficient (Wildman–Crippen LogP) is 1.78. The Labute approximate surface area is 185 Å². The van der Waals surface area contributed by atoms with Crippen molar-refractivity contribution in [3.05, 3.63) is 22.6 Å². The third-order valence-corrected chi connectivity index (χ3v) is 6.92. The zero-order chi connectivity index (χ0) is 22.6. The molecule has 2 unspecified atom stereocenters. The topological polar surface area (TPSA) is 109 Å². The smallest absolute Gasteiger partial charge is 0.390 e. The lowest BCUT2D eigenvalue weighted by atomic mass is 10.2. The summed E-state index contributed by atoms with van der Waals surface area (Å²) in [5.41, 5.74) is 5.97. The number of alkyl halides is 3. The van der Waals surface area contributed by atoms with Crippen molar-refractivity contribution in [2.75, 3.05) is 29.4 Å². The SMILES string of the molecule is CCCc1cc2c(N3CCn4c(nnc4C(F)(F)F)C3)nc(N3CC(N)C(O)C3)nc2s1. The van der Waals surface area contributed by atoms with Gasteiger partial charge in [0.05, 0.1) is 18.0 Å². The van der Waals surface area contributed by atoms with E-state index in [4.69, 9.17) is 15.7 Å². The number of halogens is 3. The number of aliphatic hydroxyl groups is 1. The van der Waals surface area contributed by atoms with E-state index >= 15 is 0 Å². The number of nitrogens with two attached hydrogens (primary N) is 1. The number of β-amino-alcohol motifs (C(OH)–C–C–N with tert-alkyl or cyclic N) is 1. The Balaban J connectivity index is 1.54. The summed E-state index contributed by atoms with van der Waals surface area (Å²) < 4.78 is 40.8. The van der Waals surface area contributed by atoms with Crippen LogP contribution in [0.25, 0.3) is 10.2 Å². The van der Waals surface area contributed by atoms with Crippen molar-refractivity contribution in [3.8, 4) is 0 Å². The normalized spacial score (nSPS) is 21.6. The fourth-order valence-electron chi connectivity index (χ4n) is 4.22. The first kappa shape index (κ1) is 21.3. The summed E-state index contributed by atoms with van der Waals surface area (Å²) in [6.07, 6.45) is -3.30. The molecule has 2 atom stereocenters. The molecule has 172 valence electrons. The minimum Gasteiger partial charge on any atom is -0.390 e. The van der Waals surface area contributed by atoms with Crippen molar-refractivity contribution in [2.24, 2.45) is 5.73 Å². The highest BCUT2D eigenvalue weighted by Crippen LogP contribution is 2.36. The average Bonchev–Trinajstić information content (AvgIpc) is 3.43. The molecule has 0 saturated carbocycles. The molecule has 0 radical (unpaired) electrons. The summed E-state index contributed by atoms with van der Waals surface area (Å²) >= 11 is 1.59. The summed E-state index contributed by atoms with van der Waals surface area (Å²) in [4.78, 5) is 15.3. The molecule has 0 aromatic carbocycles. The molecule has 0 bridgehead atoms. The van der Waals surface area contributed by atoms with Crippen molar-refractivity contribution in [1.29, 1.82) is 0 Å². The van der Waals surface area contributed by atoms with E-state index in [0.29, 0.717) is 31.4 Å². The van der Waals surface area contributed by atoms with Crippen molar-refractivity contribution >= 4 is 33.3 Å². The highest BCUT2D eigenvalue weighted by molar-refractivity contribution is 7.18. The summed E-state index contributed by atoms with van der Waals surface area (Å²) in [5.74, 6) is 0.398. The maximum atomic E-state index is 13.2. The van der Waals surface area contributed by atoms with E-state index < -0.39 is 18.1 Å². The summed E-state index contributed by atoms with van der Waals surface area (Å²) in [5, 5.41) is 18.1. The second-order valence-corrected chi connectivity index (χ2v) is 9.29. The third-order valence-electron chi connectivity index (χ3n) is 5.83. The number of rotatable bonds is 4. The van der Waals surface area contributed by atoms with Crippen LogP contribution in [0.4, 0.5) is 24.9 Å². The molecule has 5 rings (SSSR count). The molecule has 1 saturated heterocycles. The Morgan fingerprint density at radius 1 is 1.19 bits per heavy atom. The lowest BCUT2D eigenvalue weighted by molar-refractivity contribution is -0.147. The van der Waals surface area contributed by atoms with Gasteiger partial charge in [-0.1, -0.05) is 13.3 Å². The fourth-order valence-corrected chi connectivity index (χ4v) is 5.34. The molecule has 2 aliphatic rings. The minimum absolute atomic E-state index is 0.108. The predicted molar refractivity (Wildman–Crippen MR) is 114 cm³/mol. The van der Waals surface area contributed by atoms with Gasteiger partial charge in [0.1, 0.15) is 10.6 Å². The lowest BCUT2D eigenvalue weighted by Crippen LogP contribution is -2.36. The molecule has 3 aromatic rings. The van der Waals surface area contributed by atoms with Crippen LogP contribution in [0.15, 0.2) is 6.07 Å². The van der Waals surface area contributed by atoms with Crippen LogP contribution in [-0.2, 0) is 25.7 Å². The van der Waals surface area contributed by atoms with Gasteiger partial charge >= 0.3 is 6.18 Å². The van der Waals surface area contributed by atoms with Gasteiger partial charge in [0, 0.05) is 37.1 Å². The fraction of sp³-hybridized carbons (Fsp3) is 0.579. The molecule has 1 fully saturated rings. The number of anilines is 2. The Bertz CT molecular complexity index is 1140. The molecule has 3 N–H and O–H groups in total. The summed E-state index contributed by atoms with van der Waals surface area (Å²) in [6.45, 7) is 3.48. The van der Waals surface area contributed by atoms with E-state index in [9.17, 15) is 18.3 Å². The van der Waals surface area contributed by atoms with Gasteiger partial charge in [-0.3, -0.25) is 0 Å². The van der Waals surface area contributed by atoms with Crippen molar-refractivity contribution in [3.63, 3.8) is 0 Å². The minimum atomic E-state index is -4.54. The molecule has 13 heteroatoms. The van der Waals surface area contributed by atoms with Crippen LogP contribution in [0.2, 0.25) is 0 Å². The Kier molecular flexibility index (Phi) is 5.21. The quantitative estimate of drug-likeness (QED) is 0.597. The van der Waals surface area contributed by atoms with Crippen molar-refractivity contribution in [2.45, 2.75) is 51.2 Å². The van der Waals surface area contributed by atoms with Crippen LogP contribution in [0.1, 0.15) is 29.9 Å². The number of aryl methyl sites for hydroxylation is 1. The molecule has 0 amide bonds. The summed E-state index contributed by atoms with van der Waals surface area (Å²) in [7, 11) is 0. The summed E-state index contributed by atoms with van der Waals surface area (Å²) in [6, 6.07) is 1.68. The molecule has 0 spiro atoms. The van der Waals surface area contributed by atoms with Crippen LogP contribution < -0.4 is 15.5 Å². The number of aliphatic hydroxyl groups excluding tert-OH is 1. The zero-order valence-electron chi connectivity index (χ0n) is 17.4. The molecular formula is C19H23F3N8OS. The molecule has 0 aliphatic carbocycles. The van der Waals surface area contributed by atoms with Crippen molar-refractivity contribution < 1.29 is 18.3 Å². The Morgan fingerprint density at radius 3 is 2.69 bits per heavy atom. The average molecular weight is 469 g/mol. The Hall–Kier alpha value is -2.51. The van der Waals surface area contributed by atoms with Gasteiger partial charge in [-0.25, -0.2) is 4.98 Å². The second kappa shape index (κ2) is 7.81. The zero-order valence-corrected chi connectivity index (χ0v) is 18.2. The highest BCUT2D eigenvalue weighted by Gasteiger charge is 2.40. The lowest BCUT2D eigenvalue weighted by Gasteiger charge is -2.30. The maximum absolute atomic E-state index is 13.2. The molecular weight excluding hydrogens is 445 g/mol. The first-order valence-corrected chi connectivity index (χ1v) is 11.3. The van der Waals surface area contributed by atoms with Crippen LogP contribution in [0.3, 0.4) is 0 Å². The first-order valence-electron chi connectivity index (χ1n) is 10.5. The maximum Gasteiger partial charge on any atom is 0.451 e. The van der Waals surface area contributed by atoms with Gasteiger partial charge in [0.15, 0.2) is 5.82 Å². The largest absolute Gasteiger partial charge is 0.451 e. The van der Waals surface area contributed by atoms with Crippen LogP contribution in [0.5, 0.6) is 0 Å². The molecule has 3 aromatic heterocycles. The Morgan fingerprint density at radius 2 is 2.00 bits per heavy atom. The standard InChI is InChI=1S/C19H23F3N8OS/c1-2-3-10-6-11-15(24-18(25-16(11)32-10)29-7-12(23)13(31)8-29)28-4-5-30-14(9-28)26-27-17(30)19(20,21)22/h6,12-13,31H,2-5,7-9,23H2,1H3. The van der Waals surface area contributed by atoms with Gasteiger partial charge < -0.3 is 25.2 Å². The van der Waals surface area contributed by atoms with E-state index in [1.807, 2.05) is 9.80 Å². The molecule has 9 nitrogen and oxygen atoms in total. The van der Waals surface area contributed by atoms with E-state index in [1.54, 1.807) is 11.3 Å². The van der Waals surface area contributed by atoms with E-state index in [2.05, 4.69) is 23.2 Å². The van der Waals surface area contributed by atoms with Gasteiger partial charge in [0.2, 0.25) is 11.8 Å². The van der Waals surface area contributed by atoms with Crippen molar-refractivity contribution in [1.82, 2.24) is 24.7 Å². The van der Waals surface area contributed by atoms with E-state index in [1.165, 1.54) is 4.88 Å². The van der Waals surface area contributed by atoms with Gasteiger partial charge in [-0.05, 0) is 12.5 Å². The molecule has 32 heavy (non-hydrogen) atoms. The number of thiophene rings is 1. The van der Waals surface area contributed by atoms with Gasteiger partial charge in [-0.15, -0.1) is 21.5 Å². The monoisotopic (exact) mass is 468 g/mol. The number of hydrogen-bond donors (Lipinski definition) is 2.